The fourth-order valence-electron chi connectivity index (χ4n) is 1.70. The first-order chi connectivity index (χ1) is 8.50. The molecule has 0 spiro atoms. The van der Waals surface area contributed by atoms with Crippen molar-refractivity contribution in [2.24, 2.45) is 0 Å². The highest BCUT2D eigenvalue weighted by molar-refractivity contribution is 6.71. The van der Waals surface area contributed by atoms with Crippen LogP contribution in [0.25, 0.3) is 0 Å². The number of hydrogen-bond acceptors (Lipinski definition) is 3. The Morgan fingerprint density at radius 3 is 2.50 bits per heavy atom. The Morgan fingerprint density at radius 1 is 1.39 bits per heavy atom. The van der Waals surface area contributed by atoms with Crippen LogP contribution in [0.15, 0.2) is 43.0 Å². The number of carbonyl (C=O) groups excluding carboxylic acids is 1. The zero-order valence-electron chi connectivity index (χ0n) is 11.2. The number of rotatable bonds is 6. The molecule has 98 valence electrons. The molecule has 1 aromatic carbocycles. The first kappa shape index (κ1) is 14.7. The zero-order chi connectivity index (χ0) is 13.6. The summed E-state index contributed by atoms with van der Waals surface area (Å²) in [6.45, 7) is 7.86. The molecule has 18 heavy (non-hydrogen) atoms. The van der Waals surface area contributed by atoms with E-state index in [1.165, 1.54) is 7.11 Å². The Balaban J connectivity index is 2.93. The molecule has 0 aliphatic heterocycles. The molecule has 0 saturated carbocycles. The number of allylic oxidation sites excluding steroid dienone is 1. The normalized spacial score (nSPS) is 12.8. The van der Waals surface area contributed by atoms with E-state index in [1.807, 2.05) is 36.4 Å². The number of benzene rings is 1. The number of hydrogen-bond donors (Lipinski definition) is 0. The minimum Gasteiger partial charge on any atom is -0.467 e. The van der Waals surface area contributed by atoms with Crippen LogP contribution in [0.4, 0.5) is 0 Å². The van der Waals surface area contributed by atoms with Crippen molar-refractivity contribution in [2.45, 2.75) is 25.2 Å². The van der Waals surface area contributed by atoms with Gasteiger partial charge >= 0.3 is 5.97 Å². The Morgan fingerprint density at radius 2 is 2.00 bits per heavy atom. The van der Waals surface area contributed by atoms with Crippen LogP contribution in [0.3, 0.4) is 0 Å². The van der Waals surface area contributed by atoms with Gasteiger partial charge in [-0.15, -0.1) is 6.58 Å². The first-order valence-electron chi connectivity index (χ1n) is 5.91. The van der Waals surface area contributed by atoms with Crippen LogP contribution in [-0.2, 0) is 14.0 Å². The standard InChI is InChI=1S/C14H20O3Si/c1-5-11-18(3,4)17-13(14(15)16-2)12-9-7-6-8-10-12/h5-10,13H,1,11H2,2-4H3. The Kier molecular flexibility index (Phi) is 5.31. The molecule has 0 aromatic heterocycles. The number of ether oxygens (including phenoxy) is 1. The maximum Gasteiger partial charge on any atom is 0.338 e. The third-order valence-corrected chi connectivity index (χ3v) is 4.74. The second-order valence-electron chi connectivity index (χ2n) is 4.68. The summed E-state index contributed by atoms with van der Waals surface area (Å²) in [6.07, 6.45) is 1.20. The van der Waals surface area contributed by atoms with Gasteiger partial charge in [-0.2, -0.15) is 0 Å². The zero-order valence-corrected chi connectivity index (χ0v) is 12.2. The van der Waals surface area contributed by atoms with E-state index in [-0.39, 0.29) is 5.97 Å². The van der Waals surface area contributed by atoms with E-state index in [0.29, 0.717) is 0 Å². The van der Waals surface area contributed by atoms with Crippen LogP contribution in [-0.4, -0.2) is 21.4 Å². The summed E-state index contributed by atoms with van der Waals surface area (Å²) in [6, 6.07) is 10.2. The van der Waals surface area contributed by atoms with E-state index < -0.39 is 14.4 Å². The van der Waals surface area contributed by atoms with E-state index in [1.54, 1.807) is 0 Å². The quantitative estimate of drug-likeness (QED) is 0.449. The van der Waals surface area contributed by atoms with Gasteiger partial charge in [0, 0.05) is 0 Å². The monoisotopic (exact) mass is 264 g/mol. The summed E-state index contributed by atoms with van der Waals surface area (Å²) < 4.78 is 10.8. The van der Waals surface area contributed by atoms with Gasteiger partial charge in [-0.05, 0) is 24.7 Å². The van der Waals surface area contributed by atoms with E-state index in [9.17, 15) is 4.79 Å². The molecule has 3 nitrogen and oxygen atoms in total. The SMILES string of the molecule is C=CC[Si](C)(C)OC(C(=O)OC)c1ccccc1. The minimum atomic E-state index is -1.95. The van der Waals surface area contributed by atoms with E-state index in [2.05, 4.69) is 19.7 Å². The number of methoxy groups -OCH3 is 1. The topological polar surface area (TPSA) is 35.5 Å². The van der Waals surface area contributed by atoms with Crippen LogP contribution in [0, 0.1) is 0 Å². The van der Waals surface area contributed by atoms with Crippen LogP contribution in [0.1, 0.15) is 11.7 Å². The predicted molar refractivity (Wildman–Crippen MR) is 74.8 cm³/mol. The molecule has 4 heteroatoms. The molecule has 0 saturated heterocycles. The third-order valence-electron chi connectivity index (χ3n) is 2.59. The van der Waals surface area contributed by atoms with Crippen molar-refractivity contribution in [3.05, 3.63) is 48.6 Å². The predicted octanol–water partition coefficient (Wildman–Crippen LogP) is 3.31. The summed E-state index contributed by atoms with van der Waals surface area (Å²) in [4.78, 5) is 11.8. The maximum atomic E-state index is 11.8. The molecule has 1 aromatic rings. The average molecular weight is 264 g/mol. The molecule has 1 rings (SSSR count). The van der Waals surface area contributed by atoms with Crippen molar-refractivity contribution < 1.29 is 14.0 Å². The first-order valence-corrected chi connectivity index (χ1v) is 9.03. The van der Waals surface area contributed by atoms with Crippen molar-refractivity contribution in [1.82, 2.24) is 0 Å². The van der Waals surface area contributed by atoms with Gasteiger partial charge in [0.2, 0.25) is 0 Å². The van der Waals surface area contributed by atoms with E-state index in [4.69, 9.17) is 9.16 Å². The van der Waals surface area contributed by atoms with Gasteiger partial charge in [0.1, 0.15) is 0 Å². The van der Waals surface area contributed by atoms with Gasteiger partial charge < -0.3 is 9.16 Å². The molecule has 0 bridgehead atoms. The van der Waals surface area contributed by atoms with E-state index in [0.717, 1.165) is 11.6 Å². The van der Waals surface area contributed by atoms with Gasteiger partial charge in [-0.25, -0.2) is 4.79 Å². The largest absolute Gasteiger partial charge is 0.467 e. The van der Waals surface area contributed by atoms with Crippen molar-refractivity contribution in [1.29, 1.82) is 0 Å². The van der Waals surface area contributed by atoms with Crippen molar-refractivity contribution in [3.63, 3.8) is 0 Å². The van der Waals surface area contributed by atoms with Gasteiger partial charge in [0.05, 0.1) is 7.11 Å². The molecular formula is C14H20O3Si. The lowest BCUT2D eigenvalue weighted by Crippen LogP contribution is -2.34. The lowest BCUT2D eigenvalue weighted by Gasteiger charge is -2.27. The van der Waals surface area contributed by atoms with Crippen LogP contribution in [0.2, 0.25) is 19.1 Å². The summed E-state index contributed by atoms with van der Waals surface area (Å²) in [5.74, 6) is -0.356. The Bertz CT molecular complexity index is 401. The summed E-state index contributed by atoms with van der Waals surface area (Å²) in [7, 11) is -0.568. The highest BCUT2D eigenvalue weighted by Gasteiger charge is 2.31. The smallest absolute Gasteiger partial charge is 0.338 e. The minimum absolute atomic E-state index is 0.356. The van der Waals surface area contributed by atoms with Crippen LogP contribution >= 0.6 is 0 Å². The lowest BCUT2D eigenvalue weighted by atomic mass is 10.1. The summed E-state index contributed by atoms with van der Waals surface area (Å²) in [5, 5.41) is 0. The molecule has 0 heterocycles. The lowest BCUT2D eigenvalue weighted by molar-refractivity contribution is -0.149. The summed E-state index contributed by atoms with van der Waals surface area (Å²) in [5.41, 5.74) is 0.828. The van der Waals surface area contributed by atoms with Crippen molar-refractivity contribution in [3.8, 4) is 0 Å². The molecule has 1 atom stereocenters. The van der Waals surface area contributed by atoms with Gasteiger partial charge in [0.15, 0.2) is 14.4 Å². The Labute approximate surface area is 110 Å². The van der Waals surface area contributed by atoms with Crippen molar-refractivity contribution >= 4 is 14.3 Å². The number of esters is 1. The molecule has 0 aliphatic rings. The van der Waals surface area contributed by atoms with Gasteiger partial charge in [0.25, 0.3) is 0 Å². The highest BCUT2D eigenvalue weighted by atomic mass is 28.4. The fraction of sp³-hybridized carbons (Fsp3) is 0.357. The second-order valence-corrected chi connectivity index (χ2v) is 8.85. The fourth-order valence-corrected chi connectivity index (χ4v) is 3.36. The highest BCUT2D eigenvalue weighted by Crippen LogP contribution is 2.25. The van der Waals surface area contributed by atoms with Gasteiger partial charge in [-0.1, -0.05) is 36.4 Å². The molecule has 0 aliphatic carbocycles. The molecular weight excluding hydrogens is 244 g/mol. The molecule has 0 N–H and O–H groups in total. The molecule has 0 amide bonds. The third kappa shape index (κ3) is 4.12. The molecule has 1 unspecified atom stereocenters. The molecule has 0 radical (unpaired) electrons. The number of carbonyl (C=O) groups is 1. The Hall–Kier alpha value is -1.39. The summed E-state index contributed by atoms with van der Waals surface area (Å²) >= 11 is 0. The van der Waals surface area contributed by atoms with Crippen LogP contribution in [0.5, 0.6) is 0 Å². The van der Waals surface area contributed by atoms with E-state index >= 15 is 0 Å². The van der Waals surface area contributed by atoms with Crippen molar-refractivity contribution in [2.75, 3.05) is 7.11 Å². The average Bonchev–Trinajstić information content (AvgIpc) is 2.36. The second kappa shape index (κ2) is 6.52. The maximum absolute atomic E-state index is 11.8. The molecule has 0 fully saturated rings. The van der Waals surface area contributed by atoms with Crippen LogP contribution < -0.4 is 0 Å². The van der Waals surface area contributed by atoms with Gasteiger partial charge in [-0.3, -0.25) is 0 Å².